The van der Waals surface area contributed by atoms with E-state index in [1.54, 1.807) is 31.2 Å². The summed E-state index contributed by atoms with van der Waals surface area (Å²) in [5.74, 6) is -0.564. The SMILES string of the molecule is CCOC(Cc1ccc(OCCN(CCCCCC(F)(F)F)C(=O)Nc2ccc([N+](=O)[O-])cc2)cc1)C(=O)O. The normalized spacial score (nSPS) is 12.0. The Kier molecular flexibility index (Phi) is 12.5. The number of hydrogen-bond acceptors (Lipinski definition) is 6. The molecule has 2 N–H and O–H groups in total. The van der Waals surface area contributed by atoms with Crippen molar-refractivity contribution in [1.29, 1.82) is 0 Å². The zero-order chi connectivity index (χ0) is 28.8. The lowest BCUT2D eigenvalue weighted by molar-refractivity contribution is -0.384. The van der Waals surface area contributed by atoms with E-state index >= 15 is 0 Å². The average molecular weight is 556 g/mol. The quantitative estimate of drug-likeness (QED) is 0.155. The molecule has 0 aliphatic heterocycles. The smallest absolute Gasteiger partial charge is 0.389 e. The van der Waals surface area contributed by atoms with Gasteiger partial charge in [-0.1, -0.05) is 18.6 Å². The largest absolute Gasteiger partial charge is 0.492 e. The van der Waals surface area contributed by atoms with Crippen molar-refractivity contribution >= 4 is 23.4 Å². The van der Waals surface area contributed by atoms with Crippen molar-refractivity contribution < 1.29 is 42.3 Å². The van der Waals surface area contributed by atoms with Crippen LogP contribution in [0.4, 0.5) is 29.3 Å². The molecule has 2 aromatic carbocycles. The van der Waals surface area contributed by atoms with Gasteiger partial charge in [-0.15, -0.1) is 0 Å². The number of nitrogens with one attached hydrogen (secondary N) is 1. The summed E-state index contributed by atoms with van der Waals surface area (Å²) in [6, 6.07) is 11.5. The molecule has 214 valence electrons. The summed E-state index contributed by atoms with van der Waals surface area (Å²) >= 11 is 0. The Balaban J connectivity index is 1.94. The first-order valence-corrected chi connectivity index (χ1v) is 12.4. The first-order chi connectivity index (χ1) is 18.5. The van der Waals surface area contributed by atoms with Gasteiger partial charge in [0.2, 0.25) is 0 Å². The van der Waals surface area contributed by atoms with E-state index in [4.69, 9.17) is 9.47 Å². The lowest BCUT2D eigenvalue weighted by Crippen LogP contribution is -2.38. The van der Waals surface area contributed by atoms with Crippen molar-refractivity contribution in [2.75, 3.05) is 31.6 Å². The number of nitro groups is 1. The lowest BCUT2D eigenvalue weighted by Gasteiger charge is -2.23. The Morgan fingerprint density at radius 3 is 2.28 bits per heavy atom. The summed E-state index contributed by atoms with van der Waals surface area (Å²) in [5, 5.41) is 22.7. The molecule has 13 heteroatoms. The molecular formula is C26H32F3N3O7. The fourth-order valence-electron chi connectivity index (χ4n) is 3.62. The standard InChI is InChI=1S/C26H32F3N3O7/c1-2-38-23(24(33)34)18-19-6-12-22(13-7-19)39-17-16-31(15-5-3-4-14-26(27,28)29)25(35)30-20-8-10-21(11-9-20)32(36)37/h6-13,23H,2-5,14-18H2,1H3,(H,30,35)(H,33,34). The van der Waals surface area contributed by atoms with Crippen molar-refractivity contribution in [1.82, 2.24) is 4.90 Å². The molecular weight excluding hydrogens is 523 g/mol. The van der Waals surface area contributed by atoms with Crippen LogP contribution in [0.1, 0.15) is 38.2 Å². The number of hydrogen-bond donors (Lipinski definition) is 2. The fraction of sp³-hybridized carbons (Fsp3) is 0.462. The summed E-state index contributed by atoms with van der Waals surface area (Å²) in [6.45, 7) is 2.39. The predicted molar refractivity (Wildman–Crippen MR) is 137 cm³/mol. The molecule has 0 heterocycles. The number of carbonyl (C=O) groups is 2. The number of nitro benzene ring substituents is 1. The molecule has 0 aliphatic rings. The van der Waals surface area contributed by atoms with Crippen LogP contribution in [0.15, 0.2) is 48.5 Å². The summed E-state index contributed by atoms with van der Waals surface area (Å²) < 4.78 is 48.2. The average Bonchev–Trinajstić information content (AvgIpc) is 2.87. The Labute approximate surface area is 223 Å². The van der Waals surface area contributed by atoms with Gasteiger partial charge in [0.1, 0.15) is 12.4 Å². The number of anilines is 1. The number of nitrogens with zero attached hydrogens (tertiary/aromatic N) is 2. The Bertz CT molecular complexity index is 1060. The van der Waals surface area contributed by atoms with E-state index in [-0.39, 0.29) is 51.3 Å². The number of amides is 2. The van der Waals surface area contributed by atoms with Crippen molar-refractivity contribution in [2.24, 2.45) is 0 Å². The fourth-order valence-corrected chi connectivity index (χ4v) is 3.62. The highest BCUT2D eigenvalue weighted by atomic mass is 19.4. The predicted octanol–water partition coefficient (Wildman–Crippen LogP) is 5.66. The van der Waals surface area contributed by atoms with Crippen molar-refractivity contribution in [3.8, 4) is 5.75 Å². The third kappa shape index (κ3) is 12.0. The monoisotopic (exact) mass is 555 g/mol. The second-order valence-corrected chi connectivity index (χ2v) is 8.63. The van der Waals surface area contributed by atoms with Gasteiger partial charge >= 0.3 is 18.2 Å². The number of urea groups is 1. The highest BCUT2D eigenvalue weighted by Gasteiger charge is 2.26. The van der Waals surface area contributed by atoms with Gasteiger partial charge in [-0.3, -0.25) is 10.1 Å². The van der Waals surface area contributed by atoms with Crippen LogP contribution >= 0.6 is 0 Å². The number of unbranched alkanes of at least 4 members (excludes halogenated alkanes) is 2. The third-order valence-corrected chi connectivity index (χ3v) is 5.62. The minimum atomic E-state index is -4.23. The van der Waals surface area contributed by atoms with Crippen LogP contribution in [0.25, 0.3) is 0 Å². The van der Waals surface area contributed by atoms with Gasteiger partial charge in [0.25, 0.3) is 5.69 Å². The molecule has 0 aromatic heterocycles. The molecule has 0 aliphatic carbocycles. The molecule has 1 unspecified atom stereocenters. The Morgan fingerprint density at radius 1 is 1.05 bits per heavy atom. The molecule has 2 amide bonds. The third-order valence-electron chi connectivity index (χ3n) is 5.62. The van der Waals surface area contributed by atoms with Gasteiger partial charge in [0.15, 0.2) is 6.10 Å². The number of rotatable bonds is 16. The maximum atomic E-state index is 12.8. The van der Waals surface area contributed by atoms with Gasteiger partial charge in [-0.25, -0.2) is 9.59 Å². The van der Waals surface area contributed by atoms with Crippen LogP contribution < -0.4 is 10.1 Å². The van der Waals surface area contributed by atoms with Gasteiger partial charge in [-0.05, 0) is 49.6 Å². The van der Waals surface area contributed by atoms with Gasteiger partial charge in [0, 0.05) is 43.8 Å². The van der Waals surface area contributed by atoms with E-state index in [1.165, 1.54) is 29.2 Å². The second kappa shape index (κ2) is 15.5. The highest BCUT2D eigenvalue weighted by molar-refractivity contribution is 5.89. The number of aliphatic carboxylic acids is 1. The van der Waals surface area contributed by atoms with Crippen LogP contribution in [0.3, 0.4) is 0 Å². The molecule has 10 nitrogen and oxygen atoms in total. The summed E-state index contributed by atoms with van der Waals surface area (Å²) in [7, 11) is 0. The van der Waals surface area contributed by atoms with Gasteiger partial charge in [0.05, 0.1) is 11.5 Å². The van der Waals surface area contributed by atoms with Crippen LogP contribution in [0, 0.1) is 10.1 Å². The van der Waals surface area contributed by atoms with Crippen molar-refractivity contribution in [3.05, 3.63) is 64.2 Å². The van der Waals surface area contributed by atoms with Gasteiger partial charge in [-0.2, -0.15) is 13.2 Å². The van der Waals surface area contributed by atoms with Crippen LogP contribution in [0.2, 0.25) is 0 Å². The number of carbonyl (C=O) groups excluding carboxylic acids is 1. The molecule has 2 aromatic rings. The molecule has 0 radical (unpaired) electrons. The highest BCUT2D eigenvalue weighted by Crippen LogP contribution is 2.23. The minimum Gasteiger partial charge on any atom is -0.492 e. The zero-order valence-corrected chi connectivity index (χ0v) is 21.5. The Morgan fingerprint density at radius 2 is 1.72 bits per heavy atom. The van der Waals surface area contributed by atoms with E-state index in [2.05, 4.69) is 5.32 Å². The van der Waals surface area contributed by atoms with Crippen LogP contribution in [-0.4, -0.2) is 65.5 Å². The topological polar surface area (TPSA) is 131 Å². The molecule has 1 atom stereocenters. The molecule has 0 spiro atoms. The molecule has 0 bridgehead atoms. The number of carboxylic acids is 1. The number of benzene rings is 2. The van der Waals surface area contributed by atoms with E-state index in [1.807, 2.05) is 0 Å². The first kappa shape index (κ1) is 31.3. The number of ether oxygens (including phenoxy) is 2. The summed E-state index contributed by atoms with van der Waals surface area (Å²) in [6.07, 6.45) is -5.30. The van der Waals surface area contributed by atoms with Crippen molar-refractivity contribution in [2.45, 2.75) is 51.3 Å². The summed E-state index contributed by atoms with van der Waals surface area (Å²) in [5.41, 5.74) is 0.937. The number of alkyl halides is 3. The maximum absolute atomic E-state index is 12.8. The molecule has 2 rings (SSSR count). The molecule has 39 heavy (non-hydrogen) atoms. The lowest BCUT2D eigenvalue weighted by atomic mass is 10.1. The maximum Gasteiger partial charge on any atom is 0.389 e. The van der Waals surface area contributed by atoms with E-state index in [0.717, 1.165) is 5.56 Å². The van der Waals surface area contributed by atoms with E-state index in [0.29, 0.717) is 17.9 Å². The minimum absolute atomic E-state index is 0.0454. The number of carboxylic acid groups (broad SMARTS) is 1. The summed E-state index contributed by atoms with van der Waals surface area (Å²) in [4.78, 5) is 35.8. The van der Waals surface area contributed by atoms with Gasteiger partial charge < -0.3 is 24.8 Å². The molecule has 0 saturated heterocycles. The zero-order valence-electron chi connectivity index (χ0n) is 21.5. The van der Waals surface area contributed by atoms with Crippen LogP contribution in [0.5, 0.6) is 5.75 Å². The van der Waals surface area contributed by atoms with E-state index < -0.39 is 35.6 Å². The van der Waals surface area contributed by atoms with Crippen molar-refractivity contribution in [3.63, 3.8) is 0 Å². The van der Waals surface area contributed by atoms with E-state index in [9.17, 15) is 38.0 Å². The molecule has 0 saturated carbocycles. The van der Waals surface area contributed by atoms with Crippen LogP contribution in [-0.2, 0) is 16.0 Å². The Hall–Kier alpha value is -3.87. The first-order valence-electron chi connectivity index (χ1n) is 12.4. The second-order valence-electron chi connectivity index (χ2n) is 8.63. The number of halogens is 3. The molecule has 0 fully saturated rings. The number of non-ortho nitro benzene ring substituents is 1.